The van der Waals surface area contributed by atoms with Crippen LogP contribution in [0.1, 0.15) is 51.9 Å². The van der Waals surface area contributed by atoms with Crippen LogP contribution in [-0.4, -0.2) is 23.7 Å². The molecular formula is C12H21F3N2O. The van der Waals surface area contributed by atoms with Gasteiger partial charge in [0.2, 0.25) is 5.91 Å². The number of nitrogens with one attached hydrogen (secondary N) is 1. The van der Waals surface area contributed by atoms with Gasteiger partial charge in [-0.3, -0.25) is 4.79 Å². The highest BCUT2D eigenvalue weighted by Crippen LogP contribution is 2.28. The monoisotopic (exact) mass is 266 g/mol. The summed E-state index contributed by atoms with van der Waals surface area (Å²) < 4.78 is 36.3. The second-order valence-electron chi connectivity index (χ2n) is 5.39. The van der Waals surface area contributed by atoms with Gasteiger partial charge < -0.3 is 11.1 Å². The molecule has 1 aliphatic rings. The lowest BCUT2D eigenvalue weighted by Crippen LogP contribution is -2.47. The minimum absolute atomic E-state index is 0.120. The van der Waals surface area contributed by atoms with Crippen molar-refractivity contribution in [1.29, 1.82) is 0 Å². The molecule has 0 spiro atoms. The largest absolute Gasteiger partial charge is 0.391 e. The molecule has 0 radical (unpaired) electrons. The van der Waals surface area contributed by atoms with Gasteiger partial charge in [0.1, 0.15) is 0 Å². The Morgan fingerprint density at radius 1 is 1.33 bits per heavy atom. The van der Waals surface area contributed by atoms with Gasteiger partial charge in [-0.05, 0) is 19.8 Å². The average Bonchev–Trinajstić information content (AvgIpc) is 2.13. The Labute approximate surface area is 105 Å². The third-order valence-electron chi connectivity index (χ3n) is 3.31. The quantitative estimate of drug-likeness (QED) is 0.821. The lowest BCUT2D eigenvalue weighted by Gasteiger charge is -2.33. The molecule has 0 aromatic heterocycles. The molecule has 6 heteroatoms. The van der Waals surface area contributed by atoms with E-state index < -0.39 is 24.2 Å². The standard InChI is InChI=1S/C12H21F3N2O/c1-9(7-12(13,14)15)17-10(18)8-11(16)5-3-2-4-6-11/h9H,2-8,16H2,1H3,(H,17,18). The normalized spacial score (nSPS) is 21.4. The van der Waals surface area contributed by atoms with Crippen LogP contribution in [0.4, 0.5) is 13.2 Å². The molecule has 0 aromatic rings. The number of hydrogen-bond acceptors (Lipinski definition) is 2. The number of halogens is 3. The molecular weight excluding hydrogens is 245 g/mol. The average molecular weight is 266 g/mol. The van der Waals surface area contributed by atoms with E-state index >= 15 is 0 Å². The topological polar surface area (TPSA) is 55.1 Å². The summed E-state index contributed by atoms with van der Waals surface area (Å²) in [5, 5.41) is 2.37. The van der Waals surface area contributed by atoms with Crippen LogP contribution in [0.2, 0.25) is 0 Å². The molecule has 0 aliphatic heterocycles. The molecule has 18 heavy (non-hydrogen) atoms. The Kier molecular flexibility index (Phi) is 5.01. The fourth-order valence-corrected chi connectivity index (χ4v) is 2.48. The van der Waals surface area contributed by atoms with Crippen molar-refractivity contribution in [3.05, 3.63) is 0 Å². The van der Waals surface area contributed by atoms with Gasteiger partial charge in [-0.25, -0.2) is 0 Å². The minimum atomic E-state index is -4.25. The lowest BCUT2D eigenvalue weighted by molar-refractivity contribution is -0.141. The van der Waals surface area contributed by atoms with Gasteiger partial charge >= 0.3 is 6.18 Å². The van der Waals surface area contributed by atoms with Crippen LogP contribution in [0.15, 0.2) is 0 Å². The summed E-state index contributed by atoms with van der Waals surface area (Å²) in [7, 11) is 0. The van der Waals surface area contributed by atoms with Gasteiger partial charge in [-0.15, -0.1) is 0 Å². The number of rotatable bonds is 4. The second kappa shape index (κ2) is 5.91. The van der Waals surface area contributed by atoms with E-state index in [-0.39, 0.29) is 12.3 Å². The second-order valence-corrected chi connectivity index (χ2v) is 5.39. The molecule has 3 nitrogen and oxygen atoms in total. The fourth-order valence-electron chi connectivity index (χ4n) is 2.48. The van der Waals surface area contributed by atoms with Crippen LogP contribution < -0.4 is 11.1 Å². The van der Waals surface area contributed by atoms with Gasteiger partial charge in [0.15, 0.2) is 0 Å². The van der Waals surface area contributed by atoms with E-state index in [1.54, 1.807) is 0 Å². The highest BCUT2D eigenvalue weighted by atomic mass is 19.4. The maximum atomic E-state index is 12.1. The summed E-state index contributed by atoms with van der Waals surface area (Å²) in [6.07, 6.45) is -0.500. The summed E-state index contributed by atoms with van der Waals surface area (Å²) in [6, 6.07) is -0.898. The van der Waals surface area contributed by atoms with Gasteiger partial charge in [-0.1, -0.05) is 19.3 Å². The van der Waals surface area contributed by atoms with Crippen molar-refractivity contribution in [3.8, 4) is 0 Å². The molecule has 1 amide bonds. The summed E-state index contributed by atoms with van der Waals surface area (Å²) in [4.78, 5) is 11.7. The minimum Gasteiger partial charge on any atom is -0.353 e. The first-order valence-corrected chi connectivity index (χ1v) is 6.35. The number of hydrogen-bond donors (Lipinski definition) is 2. The molecule has 1 unspecified atom stereocenters. The van der Waals surface area contributed by atoms with Crippen LogP contribution >= 0.6 is 0 Å². The molecule has 1 saturated carbocycles. The highest BCUT2D eigenvalue weighted by Gasteiger charge is 2.33. The number of nitrogens with two attached hydrogens (primary N) is 1. The molecule has 106 valence electrons. The Hall–Kier alpha value is -0.780. The Bertz CT molecular complexity index is 286. The smallest absolute Gasteiger partial charge is 0.353 e. The van der Waals surface area contributed by atoms with Crippen molar-refractivity contribution >= 4 is 5.91 Å². The van der Waals surface area contributed by atoms with Gasteiger partial charge in [0, 0.05) is 18.0 Å². The van der Waals surface area contributed by atoms with Gasteiger partial charge in [0.25, 0.3) is 0 Å². The molecule has 1 atom stereocenters. The summed E-state index contributed by atoms with van der Waals surface area (Å²) in [5.41, 5.74) is 5.55. The third-order valence-corrected chi connectivity index (χ3v) is 3.31. The number of carbonyl (C=O) groups excluding carboxylic acids is 1. The van der Waals surface area contributed by atoms with E-state index in [0.717, 1.165) is 32.1 Å². The Morgan fingerprint density at radius 3 is 2.39 bits per heavy atom. The van der Waals surface area contributed by atoms with Crippen LogP contribution in [0.3, 0.4) is 0 Å². The first-order valence-electron chi connectivity index (χ1n) is 6.35. The number of carbonyl (C=O) groups is 1. The maximum absolute atomic E-state index is 12.1. The highest BCUT2D eigenvalue weighted by molar-refractivity contribution is 5.77. The van der Waals surface area contributed by atoms with Crippen molar-refractivity contribution in [3.63, 3.8) is 0 Å². The Balaban J connectivity index is 2.36. The SMILES string of the molecule is CC(CC(F)(F)F)NC(=O)CC1(N)CCCCC1. The van der Waals surface area contributed by atoms with Crippen LogP contribution in [0, 0.1) is 0 Å². The molecule has 0 heterocycles. The predicted octanol–water partition coefficient (Wildman–Crippen LogP) is 2.50. The molecule has 0 saturated heterocycles. The molecule has 1 fully saturated rings. The molecule has 3 N–H and O–H groups in total. The molecule has 1 rings (SSSR count). The first kappa shape index (κ1) is 15.3. The number of alkyl halides is 3. The van der Waals surface area contributed by atoms with Crippen LogP contribution in [0.25, 0.3) is 0 Å². The van der Waals surface area contributed by atoms with E-state index in [0.29, 0.717) is 0 Å². The fraction of sp³-hybridized carbons (Fsp3) is 0.917. The van der Waals surface area contributed by atoms with E-state index in [1.807, 2.05) is 0 Å². The van der Waals surface area contributed by atoms with E-state index in [1.165, 1.54) is 6.92 Å². The summed E-state index contributed by atoms with van der Waals surface area (Å²) >= 11 is 0. The summed E-state index contributed by atoms with van der Waals surface area (Å²) in [5.74, 6) is -0.379. The molecule has 0 bridgehead atoms. The zero-order valence-corrected chi connectivity index (χ0v) is 10.6. The van der Waals surface area contributed by atoms with Gasteiger partial charge in [-0.2, -0.15) is 13.2 Å². The molecule has 1 aliphatic carbocycles. The number of amides is 1. The van der Waals surface area contributed by atoms with Gasteiger partial charge in [0.05, 0.1) is 6.42 Å². The van der Waals surface area contributed by atoms with E-state index in [4.69, 9.17) is 5.73 Å². The third kappa shape index (κ3) is 5.71. The van der Waals surface area contributed by atoms with Crippen LogP contribution in [-0.2, 0) is 4.79 Å². The Morgan fingerprint density at radius 2 is 1.89 bits per heavy atom. The zero-order chi connectivity index (χ0) is 13.8. The first-order chi connectivity index (χ1) is 8.20. The maximum Gasteiger partial charge on any atom is 0.391 e. The van der Waals surface area contributed by atoms with Crippen molar-refractivity contribution < 1.29 is 18.0 Å². The van der Waals surface area contributed by atoms with Crippen LogP contribution in [0.5, 0.6) is 0 Å². The van der Waals surface area contributed by atoms with Crippen molar-refractivity contribution in [2.75, 3.05) is 0 Å². The van der Waals surface area contributed by atoms with Crippen molar-refractivity contribution in [1.82, 2.24) is 5.32 Å². The zero-order valence-electron chi connectivity index (χ0n) is 10.6. The summed E-state index contributed by atoms with van der Waals surface area (Å²) in [6.45, 7) is 1.36. The lowest BCUT2D eigenvalue weighted by atomic mass is 9.80. The van der Waals surface area contributed by atoms with E-state index in [9.17, 15) is 18.0 Å². The molecule has 0 aromatic carbocycles. The van der Waals surface area contributed by atoms with E-state index in [2.05, 4.69) is 5.32 Å². The van der Waals surface area contributed by atoms with Crippen molar-refractivity contribution in [2.24, 2.45) is 5.73 Å². The van der Waals surface area contributed by atoms with Crippen molar-refractivity contribution in [2.45, 2.75) is 69.6 Å². The predicted molar refractivity (Wildman–Crippen MR) is 62.9 cm³/mol.